The highest BCUT2D eigenvalue weighted by molar-refractivity contribution is 14.1. The van der Waals surface area contributed by atoms with Gasteiger partial charge in [-0.2, -0.15) is 0 Å². The van der Waals surface area contributed by atoms with Crippen LogP contribution >= 0.6 is 22.6 Å². The van der Waals surface area contributed by atoms with Crippen molar-refractivity contribution in [2.75, 3.05) is 13.7 Å². The molecule has 10 nitrogen and oxygen atoms in total. The van der Waals surface area contributed by atoms with Crippen LogP contribution in [-0.2, 0) is 30.3 Å². The fourth-order valence-corrected chi connectivity index (χ4v) is 5.26. The third-order valence-electron chi connectivity index (χ3n) is 6.74. The van der Waals surface area contributed by atoms with Crippen LogP contribution in [0.2, 0.25) is 0 Å². The molecule has 3 amide bonds. The quantitative estimate of drug-likeness (QED) is 0.222. The number of esters is 1. The van der Waals surface area contributed by atoms with Crippen LogP contribution in [-0.4, -0.2) is 76.7 Å². The van der Waals surface area contributed by atoms with Crippen LogP contribution in [0, 0.1) is 15.4 Å². The number of carbonyl (C=O) groups is 4. The van der Waals surface area contributed by atoms with Gasteiger partial charge in [-0.3, -0.25) is 14.4 Å². The molecule has 0 bridgehead atoms. The molecule has 1 heterocycles. The molecule has 0 unspecified atom stereocenters. The van der Waals surface area contributed by atoms with E-state index in [4.69, 9.17) is 4.74 Å². The van der Waals surface area contributed by atoms with Crippen molar-refractivity contribution in [3.05, 3.63) is 39.0 Å². The van der Waals surface area contributed by atoms with E-state index in [9.17, 15) is 29.4 Å². The second kappa shape index (κ2) is 14.6. The van der Waals surface area contributed by atoms with Crippen molar-refractivity contribution in [1.82, 2.24) is 15.5 Å². The van der Waals surface area contributed by atoms with Gasteiger partial charge in [-0.1, -0.05) is 31.6 Å². The van der Waals surface area contributed by atoms with E-state index in [1.54, 1.807) is 32.9 Å². The van der Waals surface area contributed by atoms with Gasteiger partial charge in [0.05, 0.1) is 16.3 Å². The molecule has 11 heteroatoms. The van der Waals surface area contributed by atoms with Gasteiger partial charge in [-0.25, -0.2) is 4.79 Å². The number of cyclic esters (lactones) is 1. The Kier molecular flexibility index (Phi) is 12.2. The minimum atomic E-state index is -1.32. The number of rotatable bonds is 3. The molecular weight excluding hydrogens is 617 g/mol. The predicted molar refractivity (Wildman–Crippen MR) is 155 cm³/mol. The first-order valence-electron chi connectivity index (χ1n) is 13.1. The van der Waals surface area contributed by atoms with Crippen LogP contribution in [0.25, 0.3) is 0 Å². The highest BCUT2D eigenvalue weighted by atomic mass is 127. The number of phenols is 1. The molecule has 1 aromatic rings. The summed E-state index contributed by atoms with van der Waals surface area (Å²) >= 11 is 1.96. The number of carbonyl (C=O) groups excluding carboxylic acids is 4. The van der Waals surface area contributed by atoms with E-state index in [0.717, 1.165) is 5.57 Å². The molecule has 6 atom stereocenters. The summed E-state index contributed by atoms with van der Waals surface area (Å²) in [7, 11) is 1.45. The number of amides is 3. The Morgan fingerprint density at radius 3 is 2.36 bits per heavy atom. The minimum Gasteiger partial charge on any atom is -0.507 e. The number of ether oxygens (including phenoxy) is 1. The summed E-state index contributed by atoms with van der Waals surface area (Å²) in [5.74, 6) is -2.46. The average molecular weight is 658 g/mol. The average Bonchev–Trinajstić information content (AvgIpc) is 2.85. The lowest BCUT2D eigenvalue weighted by Gasteiger charge is -2.31. The molecular formula is C28H40IN3O7. The number of hydrogen-bond donors (Lipinski definition) is 4. The fraction of sp³-hybridized carbons (Fsp3) is 0.571. The Labute approximate surface area is 243 Å². The van der Waals surface area contributed by atoms with E-state index in [-0.39, 0.29) is 29.9 Å². The highest BCUT2D eigenvalue weighted by Crippen LogP contribution is 2.22. The first-order valence-corrected chi connectivity index (χ1v) is 14.1. The number of aromatic hydroxyl groups is 1. The molecule has 216 valence electrons. The van der Waals surface area contributed by atoms with Crippen LogP contribution in [0.3, 0.4) is 0 Å². The first kappa shape index (κ1) is 32.5. The van der Waals surface area contributed by atoms with Gasteiger partial charge in [0.1, 0.15) is 17.8 Å². The first-order chi connectivity index (χ1) is 18.2. The van der Waals surface area contributed by atoms with E-state index in [2.05, 4.69) is 10.6 Å². The van der Waals surface area contributed by atoms with Crippen molar-refractivity contribution in [2.24, 2.45) is 11.8 Å². The van der Waals surface area contributed by atoms with E-state index in [1.165, 1.54) is 18.0 Å². The van der Waals surface area contributed by atoms with Crippen molar-refractivity contribution in [3.8, 4) is 5.75 Å². The number of benzene rings is 1. The van der Waals surface area contributed by atoms with Crippen molar-refractivity contribution in [1.29, 1.82) is 0 Å². The maximum absolute atomic E-state index is 13.5. The smallest absolute Gasteiger partial charge is 0.331 e. The standard InChI is InChI=1S/C28H40IN3O7/c1-15-9-16(2)11-18(4)39-28(38)22(14-33)31-26(36)23(13-20-7-8-24(34)21(29)12-20)32(6)27(37)19(5)30-25(35)17(3)10-15/h7-9,12,16-19,22-23,33-34H,10-11,13-14H2,1-6H3,(H,30,35)(H,31,36)/t16-,17-,18-,19-,22-,23+/m0/s1. The van der Waals surface area contributed by atoms with Crippen LogP contribution in [0.1, 0.15) is 53.0 Å². The molecule has 0 radical (unpaired) electrons. The van der Waals surface area contributed by atoms with E-state index < -0.39 is 48.6 Å². The van der Waals surface area contributed by atoms with Gasteiger partial charge in [0, 0.05) is 19.4 Å². The summed E-state index contributed by atoms with van der Waals surface area (Å²) in [6.07, 6.45) is 2.62. The second-order valence-corrected chi connectivity index (χ2v) is 11.7. The number of likely N-dealkylation sites (N-methyl/N-ethyl adjacent to an activating group) is 1. The van der Waals surface area contributed by atoms with Gasteiger partial charge in [0.25, 0.3) is 0 Å². The number of aliphatic hydroxyl groups excluding tert-OH is 1. The molecule has 0 saturated heterocycles. The van der Waals surface area contributed by atoms with Gasteiger partial charge in [-0.05, 0) is 79.8 Å². The highest BCUT2D eigenvalue weighted by Gasteiger charge is 2.34. The Morgan fingerprint density at radius 1 is 1.08 bits per heavy atom. The molecule has 1 aromatic carbocycles. The van der Waals surface area contributed by atoms with Gasteiger partial charge in [0.15, 0.2) is 6.04 Å². The lowest BCUT2D eigenvalue weighted by atomic mass is 9.95. The Bertz CT molecular complexity index is 1090. The summed E-state index contributed by atoms with van der Waals surface area (Å²) < 4.78 is 6.09. The van der Waals surface area contributed by atoms with E-state index >= 15 is 0 Å². The van der Waals surface area contributed by atoms with Crippen molar-refractivity contribution < 1.29 is 34.1 Å². The zero-order chi connectivity index (χ0) is 29.4. The summed E-state index contributed by atoms with van der Waals surface area (Å²) in [5, 5.41) is 25.1. The second-order valence-electron chi connectivity index (χ2n) is 10.5. The zero-order valence-electron chi connectivity index (χ0n) is 23.4. The maximum Gasteiger partial charge on any atom is 0.331 e. The predicted octanol–water partition coefficient (Wildman–Crippen LogP) is 2.29. The third-order valence-corrected chi connectivity index (χ3v) is 7.60. The Morgan fingerprint density at radius 2 is 1.74 bits per heavy atom. The molecule has 0 spiro atoms. The molecule has 4 N–H and O–H groups in total. The third kappa shape index (κ3) is 9.48. The number of nitrogens with one attached hydrogen (secondary N) is 2. The summed E-state index contributed by atoms with van der Waals surface area (Å²) in [5.41, 5.74) is 1.67. The fourth-order valence-electron chi connectivity index (χ4n) is 4.68. The molecule has 1 aliphatic rings. The number of allylic oxidation sites excluding steroid dienone is 2. The van der Waals surface area contributed by atoms with Gasteiger partial charge < -0.3 is 30.5 Å². The summed E-state index contributed by atoms with van der Waals surface area (Å²) in [6.45, 7) is 8.32. The largest absolute Gasteiger partial charge is 0.507 e. The van der Waals surface area contributed by atoms with Crippen LogP contribution in [0.15, 0.2) is 29.8 Å². The lowest BCUT2D eigenvalue weighted by Crippen LogP contribution is -2.57. The monoisotopic (exact) mass is 657 g/mol. The van der Waals surface area contributed by atoms with Crippen molar-refractivity contribution in [2.45, 2.75) is 78.1 Å². The molecule has 0 aliphatic carbocycles. The number of nitrogens with zero attached hydrogens (tertiary/aromatic N) is 1. The number of phenolic OH excluding ortho intramolecular Hbond substituents is 1. The summed E-state index contributed by atoms with van der Waals surface area (Å²) in [4.78, 5) is 53.7. The molecule has 1 aliphatic heterocycles. The van der Waals surface area contributed by atoms with Gasteiger partial charge in [0.2, 0.25) is 17.7 Å². The van der Waals surface area contributed by atoms with Gasteiger partial charge in [-0.15, -0.1) is 0 Å². The number of hydrogen-bond acceptors (Lipinski definition) is 7. The summed E-state index contributed by atoms with van der Waals surface area (Å²) in [6, 6.07) is 1.50. The topological polar surface area (TPSA) is 145 Å². The number of aliphatic hydroxyl groups is 1. The molecule has 0 fully saturated rings. The maximum atomic E-state index is 13.5. The Balaban J connectivity index is 2.44. The molecule has 0 saturated carbocycles. The SMILES string of the molecule is CC1=C[C@H](C)C[C@H](C)OC(=O)[C@H](CO)NC(=O)[C@@H](Cc2ccc(O)c(I)c2)N(C)C(=O)[C@H](C)NC(=O)[C@@H](C)C1. The van der Waals surface area contributed by atoms with Crippen LogP contribution in [0.4, 0.5) is 0 Å². The van der Waals surface area contributed by atoms with E-state index in [0.29, 0.717) is 22.0 Å². The van der Waals surface area contributed by atoms with Crippen LogP contribution < -0.4 is 10.6 Å². The molecule has 39 heavy (non-hydrogen) atoms. The van der Waals surface area contributed by atoms with Crippen molar-refractivity contribution >= 4 is 46.3 Å². The zero-order valence-corrected chi connectivity index (χ0v) is 25.5. The lowest BCUT2D eigenvalue weighted by molar-refractivity contribution is -0.154. The molecule has 0 aromatic heterocycles. The number of halogens is 1. The van der Waals surface area contributed by atoms with E-state index in [1.807, 2.05) is 42.5 Å². The normalized spacial score (nSPS) is 28.5. The Hall–Kier alpha value is -2.67. The minimum absolute atomic E-state index is 0.0516. The van der Waals surface area contributed by atoms with Crippen LogP contribution in [0.5, 0.6) is 5.75 Å². The van der Waals surface area contributed by atoms with Gasteiger partial charge >= 0.3 is 5.97 Å². The molecule has 2 rings (SSSR count). The van der Waals surface area contributed by atoms with Crippen molar-refractivity contribution in [3.63, 3.8) is 0 Å².